The van der Waals surface area contributed by atoms with Gasteiger partial charge in [-0.05, 0) is 24.6 Å². The van der Waals surface area contributed by atoms with E-state index in [1.165, 1.54) is 25.3 Å². The van der Waals surface area contributed by atoms with Crippen molar-refractivity contribution in [2.75, 3.05) is 27.4 Å². The van der Waals surface area contributed by atoms with Gasteiger partial charge in [-0.2, -0.15) is 8.78 Å². The van der Waals surface area contributed by atoms with Crippen LogP contribution in [0.25, 0.3) is 0 Å². The van der Waals surface area contributed by atoms with E-state index >= 15 is 0 Å². The quantitative estimate of drug-likeness (QED) is 0.744. The maximum absolute atomic E-state index is 12.2. The highest BCUT2D eigenvalue weighted by Gasteiger charge is 2.13. The summed E-state index contributed by atoms with van der Waals surface area (Å²) >= 11 is 0. The molecule has 20 heavy (non-hydrogen) atoms. The Morgan fingerprint density at radius 2 is 2.05 bits per heavy atom. The first kappa shape index (κ1) is 16.2. The van der Waals surface area contributed by atoms with Gasteiger partial charge in [0.2, 0.25) is 0 Å². The number of rotatable bonds is 8. The molecule has 112 valence electrons. The Bertz CT molecular complexity index is 440. The van der Waals surface area contributed by atoms with E-state index in [4.69, 9.17) is 9.47 Å². The molecular formula is C13H17F2NO4. The smallest absolute Gasteiger partial charge is 0.387 e. The molecule has 1 amide bonds. The van der Waals surface area contributed by atoms with Crippen LogP contribution in [0.1, 0.15) is 16.8 Å². The second-order valence-electron chi connectivity index (χ2n) is 3.85. The second-order valence-corrected chi connectivity index (χ2v) is 3.85. The molecule has 0 radical (unpaired) electrons. The molecule has 5 nitrogen and oxygen atoms in total. The van der Waals surface area contributed by atoms with Crippen molar-refractivity contribution in [3.8, 4) is 11.5 Å². The minimum Gasteiger partial charge on any atom is -0.493 e. The highest BCUT2D eigenvalue weighted by Crippen LogP contribution is 2.29. The minimum absolute atomic E-state index is 0.0786. The average Bonchev–Trinajstić information content (AvgIpc) is 2.43. The maximum Gasteiger partial charge on any atom is 0.387 e. The Morgan fingerprint density at radius 1 is 1.30 bits per heavy atom. The number of carbonyl (C=O) groups is 1. The number of hydrogen-bond acceptors (Lipinski definition) is 4. The molecule has 0 aromatic heterocycles. The first-order valence-electron chi connectivity index (χ1n) is 5.98. The van der Waals surface area contributed by atoms with Crippen LogP contribution in [0.15, 0.2) is 18.2 Å². The van der Waals surface area contributed by atoms with Crippen LogP contribution in [0.2, 0.25) is 0 Å². The summed E-state index contributed by atoms with van der Waals surface area (Å²) in [4.78, 5) is 11.8. The Labute approximate surface area is 115 Å². The molecule has 0 heterocycles. The van der Waals surface area contributed by atoms with Crippen LogP contribution in [-0.4, -0.2) is 39.9 Å². The largest absolute Gasteiger partial charge is 0.493 e. The predicted octanol–water partition coefficient (Wildman–Crippen LogP) is 2.06. The number of ether oxygens (including phenoxy) is 3. The molecular weight excluding hydrogens is 272 g/mol. The summed E-state index contributed by atoms with van der Waals surface area (Å²) < 4.78 is 38.4. The molecule has 0 saturated carbocycles. The van der Waals surface area contributed by atoms with E-state index in [1.54, 1.807) is 7.11 Å². The lowest BCUT2D eigenvalue weighted by atomic mass is 10.2. The third-order valence-corrected chi connectivity index (χ3v) is 2.45. The van der Waals surface area contributed by atoms with Gasteiger partial charge in [-0.1, -0.05) is 0 Å². The summed E-state index contributed by atoms with van der Waals surface area (Å²) in [6.45, 7) is -1.94. The lowest BCUT2D eigenvalue weighted by molar-refractivity contribution is -0.0512. The van der Waals surface area contributed by atoms with Gasteiger partial charge in [0, 0.05) is 25.8 Å². The molecule has 0 atom stereocenters. The van der Waals surface area contributed by atoms with Gasteiger partial charge >= 0.3 is 6.61 Å². The molecule has 0 aliphatic carbocycles. The van der Waals surface area contributed by atoms with Crippen LogP contribution in [0.3, 0.4) is 0 Å². The Balaban J connectivity index is 2.69. The van der Waals surface area contributed by atoms with E-state index < -0.39 is 6.61 Å². The molecule has 7 heteroatoms. The van der Waals surface area contributed by atoms with Crippen molar-refractivity contribution in [2.45, 2.75) is 13.0 Å². The zero-order chi connectivity index (χ0) is 15.0. The number of alkyl halides is 2. The fourth-order valence-electron chi connectivity index (χ4n) is 1.52. The van der Waals surface area contributed by atoms with Gasteiger partial charge in [0.15, 0.2) is 11.5 Å². The molecule has 1 N–H and O–H groups in total. The number of carbonyl (C=O) groups excluding carboxylic acids is 1. The van der Waals surface area contributed by atoms with Crippen LogP contribution in [0.4, 0.5) is 8.78 Å². The molecule has 1 aromatic carbocycles. The Kier molecular flexibility index (Phi) is 6.72. The summed E-state index contributed by atoms with van der Waals surface area (Å²) in [5.41, 5.74) is 0.306. The van der Waals surface area contributed by atoms with Crippen molar-refractivity contribution in [1.29, 1.82) is 0 Å². The number of halogens is 2. The molecule has 1 rings (SSSR count). The molecule has 0 unspecified atom stereocenters. The van der Waals surface area contributed by atoms with Gasteiger partial charge in [-0.25, -0.2) is 0 Å². The van der Waals surface area contributed by atoms with Crippen molar-refractivity contribution in [3.63, 3.8) is 0 Å². The molecule has 0 fully saturated rings. The standard InChI is InChI=1S/C13H17F2NO4/c1-18-7-3-6-16-12(17)9-4-5-10(20-13(14)15)11(8-9)19-2/h4-5,8,13H,3,6-7H2,1-2H3,(H,16,17). The van der Waals surface area contributed by atoms with E-state index in [-0.39, 0.29) is 17.4 Å². The zero-order valence-corrected chi connectivity index (χ0v) is 11.3. The van der Waals surface area contributed by atoms with Gasteiger partial charge in [-0.15, -0.1) is 0 Å². The Hall–Kier alpha value is -1.89. The zero-order valence-electron chi connectivity index (χ0n) is 11.3. The summed E-state index contributed by atoms with van der Waals surface area (Å²) in [5.74, 6) is -0.351. The van der Waals surface area contributed by atoms with Crippen LogP contribution < -0.4 is 14.8 Å². The van der Waals surface area contributed by atoms with Crippen molar-refractivity contribution in [2.24, 2.45) is 0 Å². The molecule has 1 aromatic rings. The van der Waals surface area contributed by atoms with Crippen LogP contribution in [0, 0.1) is 0 Å². The van der Waals surface area contributed by atoms with E-state index in [1.807, 2.05) is 0 Å². The first-order valence-corrected chi connectivity index (χ1v) is 5.98. The van der Waals surface area contributed by atoms with E-state index in [0.717, 1.165) is 0 Å². The monoisotopic (exact) mass is 289 g/mol. The number of methoxy groups -OCH3 is 2. The topological polar surface area (TPSA) is 56.8 Å². The van der Waals surface area contributed by atoms with Gasteiger partial charge in [0.25, 0.3) is 5.91 Å². The fraction of sp³-hybridized carbons (Fsp3) is 0.462. The van der Waals surface area contributed by atoms with Gasteiger partial charge in [0.1, 0.15) is 0 Å². The van der Waals surface area contributed by atoms with Crippen LogP contribution >= 0.6 is 0 Å². The van der Waals surface area contributed by atoms with Crippen molar-refractivity contribution < 1.29 is 27.8 Å². The van der Waals surface area contributed by atoms with E-state index in [2.05, 4.69) is 10.1 Å². The van der Waals surface area contributed by atoms with Crippen LogP contribution in [0.5, 0.6) is 11.5 Å². The summed E-state index contributed by atoms with van der Waals surface area (Å²) in [5, 5.41) is 2.68. The third kappa shape index (κ3) is 5.00. The molecule has 0 saturated heterocycles. The molecule has 0 spiro atoms. The number of hydrogen-bond donors (Lipinski definition) is 1. The summed E-state index contributed by atoms with van der Waals surface area (Å²) in [6, 6.07) is 4.02. The highest BCUT2D eigenvalue weighted by molar-refractivity contribution is 5.94. The highest BCUT2D eigenvalue weighted by atomic mass is 19.3. The second kappa shape index (κ2) is 8.31. The van der Waals surface area contributed by atoms with E-state index in [0.29, 0.717) is 25.1 Å². The predicted molar refractivity (Wildman–Crippen MR) is 68.5 cm³/mol. The number of nitrogens with one attached hydrogen (secondary N) is 1. The average molecular weight is 289 g/mol. The minimum atomic E-state index is -2.95. The molecule has 0 aliphatic rings. The number of benzene rings is 1. The normalized spacial score (nSPS) is 10.4. The lowest BCUT2D eigenvalue weighted by Gasteiger charge is -2.11. The van der Waals surface area contributed by atoms with Crippen molar-refractivity contribution >= 4 is 5.91 Å². The van der Waals surface area contributed by atoms with E-state index in [9.17, 15) is 13.6 Å². The summed E-state index contributed by atoms with van der Waals surface area (Å²) in [7, 11) is 2.89. The van der Waals surface area contributed by atoms with Crippen molar-refractivity contribution in [3.05, 3.63) is 23.8 Å². The third-order valence-electron chi connectivity index (χ3n) is 2.45. The van der Waals surface area contributed by atoms with Gasteiger partial charge in [0.05, 0.1) is 7.11 Å². The Morgan fingerprint density at radius 3 is 2.65 bits per heavy atom. The van der Waals surface area contributed by atoms with Crippen molar-refractivity contribution in [1.82, 2.24) is 5.32 Å². The lowest BCUT2D eigenvalue weighted by Crippen LogP contribution is -2.25. The molecule has 0 bridgehead atoms. The molecule has 0 aliphatic heterocycles. The van der Waals surface area contributed by atoms with Gasteiger partial charge in [-0.3, -0.25) is 4.79 Å². The van der Waals surface area contributed by atoms with Gasteiger partial charge < -0.3 is 19.5 Å². The fourth-order valence-corrected chi connectivity index (χ4v) is 1.52. The SMILES string of the molecule is COCCCNC(=O)c1ccc(OC(F)F)c(OC)c1. The summed E-state index contributed by atoms with van der Waals surface area (Å²) in [6.07, 6.45) is 0.686. The maximum atomic E-state index is 12.2. The van der Waals surface area contributed by atoms with Crippen LogP contribution in [-0.2, 0) is 4.74 Å². The number of amides is 1. The first-order chi connectivity index (χ1) is 9.58.